The van der Waals surface area contributed by atoms with Crippen LogP contribution in [0.5, 0.6) is 0 Å². The summed E-state index contributed by atoms with van der Waals surface area (Å²) >= 11 is 5.69. The number of carboxylic acid groups (broad SMARTS) is 1. The number of halogens is 4. The van der Waals surface area contributed by atoms with Crippen LogP contribution < -0.4 is 0 Å². The smallest absolute Gasteiger partial charge is 0.328 e. The van der Waals surface area contributed by atoms with E-state index in [9.17, 15) is 13.6 Å². The van der Waals surface area contributed by atoms with Crippen molar-refractivity contribution in [3.63, 3.8) is 0 Å². The molecule has 0 saturated heterocycles. The van der Waals surface area contributed by atoms with Crippen LogP contribution in [0.15, 0.2) is 21.1 Å². The van der Waals surface area contributed by atoms with Crippen LogP contribution in [0.1, 0.15) is 5.56 Å². The Hall–Kier alpha value is -0.750. The zero-order chi connectivity index (χ0) is 11.6. The summed E-state index contributed by atoms with van der Waals surface area (Å²) in [5, 5.41) is 8.33. The third kappa shape index (κ3) is 2.85. The first-order chi connectivity index (χ1) is 6.93. The molecule has 0 fully saturated rings. The number of rotatable bonds is 2. The summed E-state index contributed by atoms with van der Waals surface area (Å²) in [7, 11) is 0. The quantitative estimate of drug-likeness (QED) is 0.507. The van der Waals surface area contributed by atoms with E-state index in [-0.39, 0.29) is 14.5 Å². The summed E-state index contributed by atoms with van der Waals surface area (Å²) in [6.45, 7) is 0. The van der Waals surface area contributed by atoms with Crippen molar-refractivity contribution in [1.29, 1.82) is 0 Å². The van der Waals surface area contributed by atoms with Crippen molar-refractivity contribution in [3.05, 3.63) is 38.3 Å². The SMILES string of the molecule is O=C(O)/C=C/c1cc(F)c(Br)c(Br)c1F. The number of aliphatic carboxylic acids is 1. The van der Waals surface area contributed by atoms with Crippen LogP contribution in [0.25, 0.3) is 6.08 Å². The van der Waals surface area contributed by atoms with E-state index in [0.717, 1.165) is 18.2 Å². The van der Waals surface area contributed by atoms with Gasteiger partial charge in [-0.05, 0) is 44.0 Å². The van der Waals surface area contributed by atoms with E-state index in [4.69, 9.17) is 5.11 Å². The average Bonchev–Trinajstić information content (AvgIpc) is 2.18. The van der Waals surface area contributed by atoms with Crippen molar-refractivity contribution in [2.45, 2.75) is 0 Å². The molecule has 0 aliphatic rings. The highest BCUT2D eigenvalue weighted by molar-refractivity contribution is 9.13. The van der Waals surface area contributed by atoms with Crippen LogP contribution in [0.4, 0.5) is 8.78 Å². The lowest BCUT2D eigenvalue weighted by Gasteiger charge is -2.03. The molecule has 15 heavy (non-hydrogen) atoms. The molecule has 1 aromatic rings. The van der Waals surface area contributed by atoms with E-state index in [1.807, 2.05) is 0 Å². The largest absolute Gasteiger partial charge is 0.478 e. The molecule has 0 atom stereocenters. The maximum absolute atomic E-state index is 13.4. The van der Waals surface area contributed by atoms with Gasteiger partial charge >= 0.3 is 5.97 Å². The molecule has 0 aromatic heterocycles. The van der Waals surface area contributed by atoms with Gasteiger partial charge in [-0.15, -0.1) is 0 Å². The molecule has 0 saturated carbocycles. The molecule has 1 rings (SSSR count). The van der Waals surface area contributed by atoms with E-state index >= 15 is 0 Å². The van der Waals surface area contributed by atoms with Gasteiger partial charge in [-0.25, -0.2) is 13.6 Å². The fraction of sp³-hybridized carbons (Fsp3) is 0. The van der Waals surface area contributed by atoms with E-state index in [2.05, 4.69) is 31.9 Å². The van der Waals surface area contributed by atoms with Gasteiger partial charge in [-0.2, -0.15) is 0 Å². The predicted molar refractivity (Wildman–Crippen MR) is 58.4 cm³/mol. The normalized spacial score (nSPS) is 10.9. The molecule has 1 N–H and O–H groups in total. The lowest BCUT2D eigenvalue weighted by Crippen LogP contribution is -1.92. The second kappa shape index (κ2) is 4.85. The first-order valence-electron chi connectivity index (χ1n) is 3.67. The van der Waals surface area contributed by atoms with Crippen LogP contribution in [-0.4, -0.2) is 11.1 Å². The standard InChI is InChI=1S/C9H4Br2F2O2/c10-7-5(12)3-4(1-2-6(14)15)9(13)8(7)11/h1-3H,(H,14,15)/b2-1+. The van der Waals surface area contributed by atoms with Crippen molar-refractivity contribution >= 4 is 43.9 Å². The van der Waals surface area contributed by atoms with Crippen molar-refractivity contribution in [2.75, 3.05) is 0 Å². The lowest BCUT2D eigenvalue weighted by atomic mass is 10.2. The molecule has 0 aliphatic carbocycles. The van der Waals surface area contributed by atoms with Gasteiger partial charge in [0.15, 0.2) is 0 Å². The number of carbonyl (C=O) groups is 1. The van der Waals surface area contributed by atoms with E-state index < -0.39 is 17.6 Å². The molecule has 0 amide bonds. The minimum atomic E-state index is -1.23. The first-order valence-corrected chi connectivity index (χ1v) is 5.26. The van der Waals surface area contributed by atoms with Crippen LogP contribution in [0, 0.1) is 11.6 Å². The topological polar surface area (TPSA) is 37.3 Å². The van der Waals surface area contributed by atoms with Gasteiger partial charge < -0.3 is 5.11 Å². The fourth-order valence-corrected chi connectivity index (χ4v) is 1.58. The summed E-state index contributed by atoms with van der Waals surface area (Å²) < 4.78 is 26.4. The Labute approximate surface area is 101 Å². The maximum Gasteiger partial charge on any atom is 0.328 e. The maximum atomic E-state index is 13.4. The van der Waals surface area contributed by atoms with Crippen molar-refractivity contribution in [1.82, 2.24) is 0 Å². The minimum absolute atomic E-state index is 0.0347. The van der Waals surface area contributed by atoms with Gasteiger partial charge in [0.05, 0.1) is 8.95 Å². The molecule has 0 radical (unpaired) electrons. The molecule has 0 aliphatic heterocycles. The molecule has 1 aromatic carbocycles. The fourth-order valence-electron chi connectivity index (χ4n) is 0.874. The van der Waals surface area contributed by atoms with Crippen LogP contribution >= 0.6 is 31.9 Å². The van der Waals surface area contributed by atoms with Gasteiger partial charge in [0, 0.05) is 11.6 Å². The van der Waals surface area contributed by atoms with E-state index in [0.29, 0.717) is 0 Å². The Morgan fingerprint density at radius 2 is 1.93 bits per heavy atom. The Balaban J connectivity index is 3.26. The second-order valence-electron chi connectivity index (χ2n) is 2.56. The third-order valence-corrected chi connectivity index (χ3v) is 3.59. The Bertz CT molecular complexity index is 444. The Morgan fingerprint density at radius 1 is 1.33 bits per heavy atom. The summed E-state index contributed by atoms with van der Waals surface area (Å²) in [6, 6.07) is 0.906. The summed E-state index contributed by atoms with van der Waals surface area (Å²) in [5.74, 6) is -2.62. The van der Waals surface area contributed by atoms with Crippen molar-refractivity contribution in [2.24, 2.45) is 0 Å². The second-order valence-corrected chi connectivity index (χ2v) is 4.15. The third-order valence-electron chi connectivity index (χ3n) is 1.54. The molecular formula is C9H4Br2F2O2. The summed E-state index contributed by atoms with van der Waals surface area (Å²) in [6.07, 6.45) is 1.72. The van der Waals surface area contributed by atoms with Gasteiger partial charge in [-0.1, -0.05) is 0 Å². The van der Waals surface area contributed by atoms with Gasteiger partial charge in [-0.3, -0.25) is 0 Å². The van der Waals surface area contributed by atoms with Crippen LogP contribution in [-0.2, 0) is 4.79 Å². The van der Waals surface area contributed by atoms with Gasteiger partial charge in [0.2, 0.25) is 0 Å². The molecule has 0 unspecified atom stereocenters. The number of hydrogen-bond acceptors (Lipinski definition) is 1. The van der Waals surface area contributed by atoms with Crippen LogP contribution in [0.2, 0.25) is 0 Å². The molecule has 2 nitrogen and oxygen atoms in total. The monoisotopic (exact) mass is 340 g/mol. The predicted octanol–water partition coefficient (Wildman–Crippen LogP) is 3.59. The lowest BCUT2D eigenvalue weighted by molar-refractivity contribution is -0.131. The highest BCUT2D eigenvalue weighted by Gasteiger charge is 2.13. The Morgan fingerprint density at radius 3 is 2.47 bits per heavy atom. The summed E-state index contributed by atoms with van der Waals surface area (Å²) in [5.41, 5.74) is -0.134. The van der Waals surface area contributed by atoms with E-state index in [1.165, 1.54) is 0 Å². The van der Waals surface area contributed by atoms with E-state index in [1.54, 1.807) is 0 Å². The van der Waals surface area contributed by atoms with Gasteiger partial charge in [0.1, 0.15) is 11.6 Å². The molecule has 0 spiro atoms. The highest BCUT2D eigenvalue weighted by atomic mass is 79.9. The van der Waals surface area contributed by atoms with Gasteiger partial charge in [0.25, 0.3) is 0 Å². The van der Waals surface area contributed by atoms with Crippen molar-refractivity contribution < 1.29 is 18.7 Å². The number of carboxylic acids is 1. The molecule has 0 heterocycles. The van der Waals surface area contributed by atoms with Crippen molar-refractivity contribution in [3.8, 4) is 0 Å². The highest BCUT2D eigenvalue weighted by Crippen LogP contribution is 2.31. The summed E-state index contributed by atoms with van der Waals surface area (Å²) in [4.78, 5) is 10.2. The Kier molecular flexibility index (Phi) is 3.98. The number of hydrogen-bond donors (Lipinski definition) is 1. The molecule has 80 valence electrons. The number of benzene rings is 1. The first kappa shape index (κ1) is 12.3. The average molecular weight is 342 g/mol. The minimum Gasteiger partial charge on any atom is -0.478 e. The zero-order valence-electron chi connectivity index (χ0n) is 7.10. The van der Waals surface area contributed by atoms with Crippen LogP contribution in [0.3, 0.4) is 0 Å². The molecule has 0 bridgehead atoms. The zero-order valence-corrected chi connectivity index (χ0v) is 10.3. The molecule has 6 heteroatoms. The molecular weight excluding hydrogens is 338 g/mol.